The molecule has 0 saturated carbocycles. The predicted octanol–water partition coefficient (Wildman–Crippen LogP) is 4.42. The summed E-state index contributed by atoms with van der Waals surface area (Å²) < 4.78 is 38.5. The van der Waals surface area contributed by atoms with Crippen LogP contribution in [-0.4, -0.2) is 16.7 Å². The lowest BCUT2D eigenvalue weighted by molar-refractivity contribution is -0.135. The Bertz CT molecular complexity index is 1240. The Kier molecular flexibility index (Phi) is 4.17. The van der Waals surface area contributed by atoms with E-state index in [1.807, 2.05) is 0 Å². The lowest BCUT2D eigenvalue weighted by Crippen LogP contribution is -2.21. The second-order valence-electron chi connectivity index (χ2n) is 6.98. The van der Waals surface area contributed by atoms with Crippen molar-refractivity contribution in [2.24, 2.45) is 0 Å². The maximum absolute atomic E-state index is 13.9. The monoisotopic (exact) mass is 405 g/mol. The van der Waals surface area contributed by atoms with Gasteiger partial charge in [-0.05, 0) is 47.5 Å². The van der Waals surface area contributed by atoms with Gasteiger partial charge in [-0.2, -0.15) is 0 Å². The van der Waals surface area contributed by atoms with E-state index in [9.17, 15) is 18.4 Å². The van der Waals surface area contributed by atoms with Crippen LogP contribution in [-0.2, 0) is 4.79 Å². The van der Waals surface area contributed by atoms with Crippen molar-refractivity contribution in [1.29, 1.82) is 0 Å². The quantitative estimate of drug-likeness (QED) is 0.359. The van der Waals surface area contributed by atoms with Crippen molar-refractivity contribution in [3.05, 3.63) is 94.5 Å². The Morgan fingerprint density at radius 3 is 2.67 bits per heavy atom. The van der Waals surface area contributed by atoms with Crippen LogP contribution in [0, 0.1) is 11.6 Å². The fraction of sp³-hybridized carbons (Fsp3) is 0.0870. The summed E-state index contributed by atoms with van der Waals surface area (Å²) in [6.45, 7) is 0. The van der Waals surface area contributed by atoms with E-state index in [1.165, 1.54) is 18.2 Å². The Morgan fingerprint density at radius 2 is 1.90 bits per heavy atom. The first-order chi connectivity index (χ1) is 14.5. The minimum Gasteiger partial charge on any atom is -0.452 e. The fourth-order valence-electron chi connectivity index (χ4n) is 3.73. The average molecular weight is 405 g/mol. The number of pyridine rings is 1. The van der Waals surface area contributed by atoms with Gasteiger partial charge in [0.15, 0.2) is 17.4 Å². The largest absolute Gasteiger partial charge is 0.452 e. The number of benzene rings is 2. The van der Waals surface area contributed by atoms with Crippen LogP contribution < -0.4 is 9.47 Å². The number of hydrogen-bond donors (Lipinski definition) is 0. The molecule has 1 unspecified atom stereocenters. The molecule has 3 heterocycles. The van der Waals surface area contributed by atoms with Crippen molar-refractivity contribution in [3.63, 3.8) is 0 Å². The second kappa shape index (κ2) is 6.88. The zero-order valence-corrected chi connectivity index (χ0v) is 15.4. The number of fused-ring (bicyclic) bond motifs is 3. The van der Waals surface area contributed by atoms with Crippen molar-refractivity contribution >= 4 is 17.8 Å². The molecule has 0 radical (unpaired) electrons. The molecule has 30 heavy (non-hydrogen) atoms. The Hall–Kier alpha value is -3.87. The van der Waals surface area contributed by atoms with Crippen LogP contribution in [0.15, 0.2) is 60.6 Å². The summed E-state index contributed by atoms with van der Waals surface area (Å²) in [5, 5.41) is 0. The minimum absolute atomic E-state index is 0.0896. The number of esters is 1. The summed E-state index contributed by atoms with van der Waals surface area (Å²) in [5.74, 6) is -2.88. The number of rotatable bonds is 2. The number of halogens is 2. The zero-order chi connectivity index (χ0) is 20.8. The molecule has 0 N–H and O–H groups in total. The first-order valence-electron chi connectivity index (χ1n) is 9.18. The third kappa shape index (κ3) is 2.95. The molecule has 2 aromatic carbocycles. The lowest BCUT2D eigenvalue weighted by Gasteiger charge is -2.26. The number of ether oxygens (including phenoxy) is 2. The summed E-state index contributed by atoms with van der Waals surface area (Å²) >= 11 is 0. The molecule has 0 amide bonds. The lowest BCUT2D eigenvalue weighted by atomic mass is 9.84. The highest BCUT2D eigenvalue weighted by atomic mass is 19.2. The Labute approximate surface area is 169 Å². The van der Waals surface area contributed by atoms with E-state index in [0.717, 1.165) is 12.1 Å². The standard InChI is InChI=1S/C23H13F2NO4/c24-16-5-3-13(9-17(16)25)15-10-20(27)29-18-6-4-14-22(28)19(30-23(14)21(15)18)8-12-2-1-7-26-11-12/h1-9,11,15H,10H2. The highest BCUT2D eigenvalue weighted by Crippen LogP contribution is 2.49. The molecular weight excluding hydrogens is 392 g/mol. The van der Waals surface area contributed by atoms with Crippen LogP contribution in [0.1, 0.15) is 39.4 Å². The van der Waals surface area contributed by atoms with Crippen molar-refractivity contribution in [3.8, 4) is 11.5 Å². The van der Waals surface area contributed by atoms with E-state index in [2.05, 4.69) is 4.98 Å². The van der Waals surface area contributed by atoms with E-state index >= 15 is 0 Å². The molecule has 0 bridgehead atoms. The van der Waals surface area contributed by atoms with Crippen LogP contribution in [0.2, 0.25) is 0 Å². The van der Waals surface area contributed by atoms with Crippen molar-refractivity contribution in [2.75, 3.05) is 0 Å². The third-order valence-corrected chi connectivity index (χ3v) is 5.11. The van der Waals surface area contributed by atoms with Crippen LogP contribution in [0.5, 0.6) is 11.5 Å². The normalized spacial score (nSPS) is 18.6. The molecule has 5 rings (SSSR count). The summed E-state index contributed by atoms with van der Waals surface area (Å²) in [6.07, 6.45) is 4.69. The van der Waals surface area contributed by atoms with E-state index in [0.29, 0.717) is 22.3 Å². The number of nitrogens with zero attached hydrogens (tertiary/aromatic N) is 1. The van der Waals surface area contributed by atoms with Crippen molar-refractivity contribution in [2.45, 2.75) is 12.3 Å². The minimum atomic E-state index is -1.02. The predicted molar refractivity (Wildman–Crippen MR) is 102 cm³/mol. The molecule has 0 spiro atoms. The van der Waals surface area contributed by atoms with Crippen LogP contribution in [0.25, 0.3) is 6.08 Å². The molecule has 1 aromatic heterocycles. The maximum Gasteiger partial charge on any atom is 0.312 e. The number of carbonyl (C=O) groups is 2. The molecule has 0 aliphatic carbocycles. The van der Waals surface area contributed by atoms with Gasteiger partial charge < -0.3 is 9.47 Å². The van der Waals surface area contributed by atoms with Gasteiger partial charge in [0.25, 0.3) is 0 Å². The van der Waals surface area contributed by atoms with Gasteiger partial charge in [0.05, 0.1) is 12.0 Å². The van der Waals surface area contributed by atoms with Gasteiger partial charge >= 0.3 is 5.97 Å². The average Bonchev–Trinajstić information content (AvgIpc) is 3.05. The molecule has 2 aliphatic heterocycles. The number of allylic oxidation sites excluding steroid dienone is 1. The summed E-state index contributed by atoms with van der Waals surface area (Å²) in [4.78, 5) is 29.0. The van der Waals surface area contributed by atoms with Crippen molar-refractivity contribution in [1.82, 2.24) is 4.98 Å². The molecular formula is C23H13F2NO4. The molecule has 2 aliphatic rings. The Morgan fingerprint density at radius 1 is 1.03 bits per heavy atom. The molecule has 0 saturated heterocycles. The highest BCUT2D eigenvalue weighted by molar-refractivity contribution is 6.15. The molecule has 148 valence electrons. The van der Waals surface area contributed by atoms with Gasteiger partial charge in [0, 0.05) is 23.9 Å². The molecule has 1 atom stereocenters. The van der Waals surface area contributed by atoms with Gasteiger partial charge in [-0.25, -0.2) is 8.78 Å². The van der Waals surface area contributed by atoms with E-state index in [1.54, 1.807) is 30.6 Å². The van der Waals surface area contributed by atoms with Crippen molar-refractivity contribution < 1.29 is 27.8 Å². The SMILES string of the molecule is O=C1CC(c2ccc(F)c(F)c2)c2c(ccc3c2OC(=Cc2cccnc2)C3=O)O1. The zero-order valence-electron chi connectivity index (χ0n) is 15.4. The first kappa shape index (κ1) is 18.2. The van der Waals surface area contributed by atoms with Crippen LogP contribution in [0.3, 0.4) is 0 Å². The van der Waals surface area contributed by atoms with Gasteiger partial charge in [0.2, 0.25) is 5.78 Å². The molecule has 3 aromatic rings. The number of Topliss-reactive ketones (excluding diaryl/α,β-unsaturated/α-hetero) is 1. The topological polar surface area (TPSA) is 65.5 Å². The number of ketones is 1. The number of hydrogen-bond acceptors (Lipinski definition) is 5. The smallest absolute Gasteiger partial charge is 0.312 e. The number of aromatic nitrogens is 1. The summed E-state index contributed by atoms with van der Waals surface area (Å²) in [5.41, 5.74) is 1.85. The van der Waals surface area contributed by atoms with Gasteiger partial charge in [0.1, 0.15) is 11.5 Å². The molecule has 5 nitrogen and oxygen atoms in total. The molecule has 7 heteroatoms. The summed E-state index contributed by atoms with van der Waals surface area (Å²) in [7, 11) is 0. The number of carbonyl (C=O) groups excluding carboxylic acids is 2. The first-order valence-corrected chi connectivity index (χ1v) is 9.18. The highest BCUT2D eigenvalue weighted by Gasteiger charge is 2.38. The second-order valence-corrected chi connectivity index (χ2v) is 6.98. The maximum atomic E-state index is 13.9. The third-order valence-electron chi connectivity index (χ3n) is 5.11. The van der Waals surface area contributed by atoms with E-state index in [-0.39, 0.29) is 29.5 Å². The Balaban J connectivity index is 1.63. The van der Waals surface area contributed by atoms with E-state index in [4.69, 9.17) is 9.47 Å². The summed E-state index contributed by atoms with van der Waals surface area (Å²) in [6, 6.07) is 10.0. The van der Waals surface area contributed by atoms with Gasteiger partial charge in [-0.1, -0.05) is 12.1 Å². The van der Waals surface area contributed by atoms with Gasteiger partial charge in [-0.15, -0.1) is 0 Å². The van der Waals surface area contributed by atoms with Crippen LogP contribution >= 0.6 is 0 Å². The van der Waals surface area contributed by atoms with E-state index < -0.39 is 23.5 Å². The molecule has 0 fully saturated rings. The fourth-order valence-corrected chi connectivity index (χ4v) is 3.73. The van der Waals surface area contributed by atoms with Crippen LogP contribution in [0.4, 0.5) is 8.78 Å². The van der Waals surface area contributed by atoms with Gasteiger partial charge in [-0.3, -0.25) is 14.6 Å².